The first-order chi connectivity index (χ1) is 13.3. The van der Waals surface area contributed by atoms with Crippen LogP contribution in [0.3, 0.4) is 0 Å². The normalized spacial score (nSPS) is 19.1. The van der Waals surface area contributed by atoms with E-state index in [-0.39, 0.29) is 6.04 Å². The number of morpholine rings is 1. The summed E-state index contributed by atoms with van der Waals surface area (Å²) in [5.41, 5.74) is 1.63. The molecule has 1 unspecified atom stereocenters. The summed E-state index contributed by atoms with van der Waals surface area (Å²) in [6, 6.07) is 8.84. The molecule has 1 saturated heterocycles. The van der Waals surface area contributed by atoms with Crippen molar-refractivity contribution in [2.75, 3.05) is 13.2 Å². The van der Waals surface area contributed by atoms with Gasteiger partial charge < -0.3 is 9.84 Å². The van der Waals surface area contributed by atoms with Gasteiger partial charge in [-0.05, 0) is 37.6 Å². The number of benzene rings is 1. The molecule has 1 aliphatic heterocycles. The summed E-state index contributed by atoms with van der Waals surface area (Å²) in [5.74, 6) is 0. The molecule has 0 radical (unpaired) electrons. The Morgan fingerprint density at radius 1 is 1.25 bits per heavy atom. The smallest absolute Gasteiger partial charge is 0.408 e. The van der Waals surface area contributed by atoms with Crippen LogP contribution in [0, 0.1) is 0 Å². The van der Waals surface area contributed by atoms with Gasteiger partial charge in [0, 0.05) is 5.69 Å². The number of nitrogens with zero attached hydrogens (tertiary/aromatic N) is 4. The molecule has 0 aliphatic carbocycles. The van der Waals surface area contributed by atoms with E-state index < -0.39 is 11.6 Å². The molecule has 1 aliphatic rings. The van der Waals surface area contributed by atoms with Gasteiger partial charge in [0.25, 0.3) is 0 Å². The molecule has 28 heavy (non-hydrogen) atoms. The van der Waals surface area contributed by atoms with Gasteiger partial charge in [-0.15, -0.1) is 0 Å². The fourth-order valence-electron chi connectivity index (χ4n) is 3.67. The van der Waals surface area contributed by atoms with Crippen LogP contribution in [0.5, 0.6) is 0 Å². The number of aromatic nitrogens is 3. The third-order valence-electron chi connectivity index (χ3n) is 4.94. The Kier molecular flexibility index (Phi) is 4.69. The summed E-state index contributed by atoms with van der Waals surface area (Å²) in [4.78, 5) is 21.6. The molecule has 1 N–H and O–H groups in total. The van der Waals surface area contributed by atoms with Crippen molar-refractivity contribution in [3.8, 4) is 5.69 Å². The van der Waals surface area contributed by atoms with E-state index in [9.17, 15) is 9.90 Å². The fourth-order valence-corrected chi connectivity index (χ4v) is 4.14. The van der Waals surface area contributed by atoms with E-state index in [0.717, 1.165) is 11.3 Å². The van der Waals surface area contributed by atoms with Crippen LogP contribution in [-0.4, -0.2) is 49.4 Å². The second-order valence-electron chi connectivity index (χ2n) is 7.29. The Balaban J connectivity index is 1.73. The summed E-state index contributed by atoms with van der Waals surface area (Å²) in [5, 5.41) is 11.2. The van der Waals surface area contributed by atoms with Crippen molar-refractivity contribution in [3.63, 3.8) is 0 Å². The summed E-state index contributed by atoms with van der Waals surface area (Å²) < 4.78 is 7.43. The molecule has 3 heterocycles. The number of amides is 1. The van der Waals surface area contributed by atoms with Crippen molar-refractivity contribution in [3.05, 3.63) is 52.5 Å². The molecule has 1 fully saturated rings. The lowest BCUT2D eigenvalue weighted by molar-refractivity contribution is -0.0757. The standard InChI is InChI=1S/C19H18Cl2N4O3/c1-19(2)9-28-8-14(25(19)18(26)27)11-3-5-12(6-4-11)24-15(20)7-13-16(21)22-10-23-17(13)24/h3-7,10,14H,8-9H2,1-2H3,(H,26,27). The maximum atomic E-state index is 11.9. The van der Waals surface area contributed by atoms with Crippen molar-refractivity contribution in [2.24, 2.45) is 0 Å². The average molecular weight is 421 g/mol. The number of hydrogen-bond acceptors (Lipinski definition) is 4. The first-order valence-electron chi connectivity index (χ1n) is 8.67. The molecule has 0 bridgehead atoms. The van der Waals surface area contributed by atoms with E-state index in [4.69, 9.17) is 27.9 Å². The highest BCUT2D eigenvalue weighted by Crippen LogP contribution is 2.35. The second kappa shape index (κ2) is 6.92. The molecular formula is C19H18Cl2N4O3. The molecular weight excluding hydrogens is 403 g/mol. The maximum Gasteiger partial charge on any atom is 0.408 e. The van der Waals surface area contributed by atoms with Crippen LogP contribution in [0.4, 0.5) is 4.79 Å². The van der Waals surface area contributed by atoms with Gasteiger partial charge in [-0.3, -0.25) is 9.47 Å². The highest BCUT2D eigenvalue weighted by Gasteiger charge is 2.41. The first kappa shape index (κ1) is 19.0. The van der Waals surface area contributed by atoms with Gasteiger partial charge in [-0.2, -0.15) is 0 Å². The number of fused-ring (bicyclic) bond motifs is 1. The number of ether oxygens (including phenoxy) is 1. The molecule has 9 heteroatoms. The molecule has 0 spiro atoms. The van der Waals surface area contributed by atoms with E-state index in [1.807, 2.05) is 38.1 Å². The zero-order valence-corrected chi connectivity index (χ0v) is 16.8. The monoisotopic (exact) mass is 420 g/mol. The number of rotatable bonds is 2. The van der Waals surface area contributed by atoms with E-state index in [1.165, 1.54) is 11.2 Å². The zero-order valence-electron chi connectivity index (χ0n) is 15.3. The Bertz CT molecular complexity index is 1050. The van der Waals surface area contributed by atoms with Crippen molar-refractivity contribution in [1.29, 1.82) is 0 Å². The highest BCUT2D eigenvalue weighted by molar-refractivity contribution is 6.36. The maximum absolute atomic E-state index is 11.9. The van der Waals surface area contributed by atoms with Crippen LogP contribution < -0.4 is 0 Å². The predicted octanol–water partition coefficient (Wildman–Crippen LogP) is 4.56. The third kappa shape index (κ3) is 3.09. The molecule has 3 aromatic rings. The molecule has 1 atom stereocenters. The first-order valence-corrected chi connectivity index (χ1v) is 9.43. The zero-order chi connectivity index (χ0) is 20.1. The van der Waals surface area contributed by atoms with Gasteiger partial charge in [-0.1, -0.05) is 35.3 Å². The second-order valence-corrected chi connectivity index (χ2v) is 8.04. The summed E-state index contributed by atoms with van der Waals surface area (Å²) >= 11 is 12.5. The van der Waals surface area contributed by atoms with Gasteiger partial charge in [0.1, 0.15) is 16.6 Å². The van der Waals surface area contributed by atoms with Gasteiger partial charge in [0.05, 0.1) is 30.2 Å². The Hall–Kier alpha value is -2.35. The number of carbonyl (C=O) groups is 1. The molecule has 1 amide bonds. The van der Waals surface area contributed by atoms with Gasteiger partial charge in [0.2, 0.25) is 0 Å². The lowest BCUT2D eigenvalue weighted by Gasteiger charge is -2.45. The van der Waals surface area contributed by atoms with Gasteiger partial charge >= 0.3 is 6.09 Å². The van der Waals surface area contributed by atoms with Crippen molar-refractivity contribution in [1.82, 2.24) is 19.4 Å². The third-order valence-corrected chi connectivity index (χ3v) is 5.52. The van der Waals surface area contributed by atoms with Crippen LogP contribution in [-0.2, 0) is 4.74 Å². The van der Waals surface area contributed by atoms with Crippen LogP contribution in [0.2, 0.25) is 10.3 Å². The molecule has 1 aromatic carbocycles. The van der Waals surface area contributed by atoms with E-state index in [2.05, 4.69) is 9.97 Å². The topological polar surface area (TPSA) is 80.5 Å². The largest absolute Gasteiger partial charge is 0.465 e. The minimum Gasteiger partial charge on any atom is -0.465 e. The molecule has 146 valence electrons. The Morgan fingerprint density at radius 2 is 1.96 bits per heavy atom. The SMILES string of the molecule is CC1(C)COCC(c2ccc(-n3c(Cl)cc4c(Cl)ncnc43)cc2)N1C(=O)O. The Morgan fingerprint density at radius 3 is 2.64 bits per heavy atom. The van der Waals surface area contributed by atoms with Crippen LogP contribution >= 0.6 is 23.2 Å². The molecule has 7 nitrogen and oxygen atoms in total. The summed E-state index contributed by atoms with van der Waals surface area (Å²) in [6.07, 6.45) is 0.422. The van der Waals surface area contributed by atoms with E-state index >= 15 is 0 Å². The molecule has 2 aromatic heterocycles. The van der Waals surface area contributed by atoms with Gasteiger partial charge in [0.15, 0.2) is 5.65 Å². The van der Waals surface area contributed by atoms with Gasteiger partial charge in [-0.25, -0.2) is 14.8 Å². The number of carboxylic acid groups (broad SMARTS) is 1. The minimum absolute atomic E-state index is 0.311. The van der Waals surface area contributed by atoms with Crippen molar-refractivity contribution in [2.45, 2.75) is 25.4 Å². The summed E-state index contributed by atoms with van der Waals surface area (Å²) in [6.45, 7) is 4.39. The lowest BCUT2D eigenvalue weighted by atomic mass is 9.95. The van der Waals surface area contributed by atoms with Crippen molar-refractivity contribution < 1.29 is 14.6 Å². The molecule has 4 rings (SSSR count). The molecule has 0 saturated carbocycles. The van der Waals surface area contributed by atoms with Crippen LogP contribution in [0.1, 0.15) is 25.5 Å². The summed E-state index contributed by atoms with van der Waals surface area (Å²) in [7, 11) is 0. The number of halogens is 2. The highest BCUT2D eigenvalue weighted by atomic mass is 35.5. The lowest BCUT2D eigenvalue weighted by Crippen LogP contribution is -2.56. The quantitative estimate of drug-likeness (QED) is 0.614. The van der Waals surface area contributed by atoms with E-state index in [0.29, 0.717) is 34.6 Å². The van der Waals surface area contributed by atoms with Crippen LogP contribution in [0.25, 0.3) is 16.7 Å². The van der Waals surface area contributed by atoms with Crippen molar-refractivity contribution >= 4 is 40.3 Å². The van der Waals surface area contributed by atoms with Crippen LogP contribution in [0.15, 0.2) is 36.7 Å². The minimum atomic E-state index is -0.965. The Labute approximate surface area is 171 Å². The average Bonchev–Trinajstić information content (AvgIpc) is 2.98. The predicted molar refractivity (Wildman–Crippen MR) is 106 cm³/mol. The number of hydrogen-bond donors (Lipinski definition) is 1. The fraction of sp³-hybridized carbons (Fsp3) is 0.316. The van der Waals surface area contributed by atoms with E-state index in [1.54, 1.807) is 10.6 Å².